The topological polar surface area (TPSA) is 75.7 Å². The molecular weight excluding hydrogens is 512 g/mol. The van der Waals surface area contributed by atoms with E-state index in [2.05, 4.69) is 23.5 Å². The van der Waals surface area contributed by atoms with Crippen LogP contribution in [0.2, 0.25) is 0 Å². The van der Waals surface area contributed by atoms with Gasteiger partial charge in [0.2, 0.25) is 11.8 Å². The summed E-state index contributed by atoms with van der Waals surface area (Å²) in [6, 6.07) is 28.3. The molecule has 1 heterocycles. The van der Waals surface area contributed by atoms with Crippen LogP contribution in [-0.2, 0) is 32.2 Å². The molecule has 1 saturated heterocycles. The number of ether oxygens (including phenoxy) is 1. The molecule has 2 amide bonds. The van der Waals surface area contributed by atoms with Crippen LogP contribution >= 0.6 is 0 Å². The maximum absolute atomic E-state index is 14.1. The summed E-state index contributed by atoms with van der Waals surface area (Å²) in [7, 11) is 0. The van der Waals surface area contributed by atoms with Gasteiger partial charge >= 0.3 is 5.97 Å². The van der Waals surface area contributed by atoms with Crippen LogP contribution in [0.3, 0.4) is 0 Å². The van der Waals surface area contributed by atoms with Crippen LogP contribution in [-0.4, -0.2) is 29.3 Å². The van der Waals surface area contributed by atoms with Crippen LogP contribution in [0.4, 0.5) is 0 Å². The molecule has 0 bridgehead atoms. The third-order valence-electron chi connectivity index (χ3n) is 8.56. The van der Waals surface area contributed by atoms with E-state index in [1.165, 1.54) is 0 Å². The van der Waals surface area contributed by atoms with Gasteiger partial charge in [-0.15, -0.1) is 0 Å². The number of allylic oxidation sites excluding steroid dienone is 1. The fraction of sp³-hybridized carbons (Fsp3) is 0.286. The Morgan fingerprint density at radius 3 is 2.24 bits per heavy atom. The number of amides is 2. The predicted molar refractivity (Wildman–Crippen MR) is 159 cm³/mol. The van der Waals surface area contributed by atoms with Gasteiger partial charge < -0.3 is 15.0 Å². The van der Waals surface area contributed by atoms with Gasteiger partial charge in [0.05, 0.1) is 13.2 Å². The minimum atomic E-state index is -0.922. The summed E-state index contributed by atoms with van der Waals surface area (Å²) in [6.45, 7) is 2.77. The zero-order chi connectivity index (χ0) is 28.4. The Hall–Kier alpha value is -4.45. The molecule has 0 radical (unpaired) electrons. The highest BCUT2D eigenvalue weighted by molar-refractivity contribution is 5.93. The summed E-state index contributed by atoms with van der Waals surface area (Å²) in [6.07, 6.45) is 3.58. The van der Waals surface area contributed by atoms with Crippen LogP contribution in [0.25, 0.3) is 21.5 Å². The Labute approximate surface area is 240 Å². The Bertz CT molecular complexity index is 1660. The van der Waals surface area contributed by atoms with Crippen LogP contribution in [0.15, 0.2) is 96.7 Å². The zero-order valence-electron chi connectivity index (χ0n) is 23.3. The van der Waals surface area contributed by atoms with Crippen molar-refractivity contribution in [1.29, 1.82) is 0 Å². The molecule has 0 saturated carbocycles. The summed E-state index contributed by atoms with van der Waals surface area (Å²) in [5.74, 6) is -1.25. The highest BCUT2D eigenvalue weighted by Crippen LogP contribution is 2.51. The van der Waals surface area contributed by atoms with Gasteiger partial charge in [0.25, 0.3) is 0 Å². The van der Waals surface area contributed by atoms with Crippen molar-refractivity contribution in [1.82, 2.24) is 10.2 Å². The molecule has 2 aliphatic rings. The first-order valence-corrected chi connectivity index (χ1v) is 14.4. The quantitative estimate of drug-likeness (QED) is 0.264. The molecule has 4 aromatic rings. The molecule has 1 aliphatic carbocycles. The number of nitrogens with one attached hydrogen (secondary N) is 1. The highest BCUT2D eigenvalue weighted by Gasteiger charge is 2.55. The molecule has 0 spiro atoms. The van der Waals surface area contributed by atoms with Crippen molar-refractivity contribution >= 4 is 39.3 Å². The van der Waals surface area contributed by atoms with Crippen molar-refractivity contribution in [2.45, 2.75) is 45.7 Å². The van der Waals surface area contributed by atoms with Crippen LogP contribution < -0.4 is 5.32 Å². The summed E-state index contributed by atoms with van der Waals surface area (Å²) < 4.78 is 5.57. The fourth-order valence-corrected chi connectivity index (χ4v) is 6.62. The van der Waals surface area contributed by atoms with Gasteiger partial charge in [0, 0.05) is 24.6 Å². The Morgan fingerprint density at radius 2 is 1.54 bits per heavy atom. The van der Waals surface area contributed by atoms with Gasteiger partial charge in [0.1, 0.15) is 5.41 Å². The second kappa shape index (κ2) is 11.2. The van der Waals surface area contributed by atoms with Gasteiger partial charge in [-0.05, 0) is 58.9 Å². The molecule has 208 valence electrons. The van der Waals surface area contributed by atoms with Crippen LogP contribution in [0.5, 0.6) is 0 Å². The van der Waals surface area contributed by atoms with Crippen molar-refractivity contribution in [3.8, 4) is 0 Å². The molecule has 0 aromatic heterocycles. The average Bonchev–Trinajstić information content (AvgIpc) is 3.43. The molecule has 6 nitrogen and oxygen atoms in total. The molecular formula is C35H34N2O4. The number of fused-ring (bicyclic) bond motifs is 3. The largest absolute Gasteiger partial charge is 0.465 e. The van der Waals surface area contributed by atoms with Crippen LogP contribution in [0.1, 0.15) is 43.7 Å². The van der Waals surface area contributed by atoms with Gasteiger partial charge in [-0.25, -0.2) is 0 Å². The number of hydrogen-bond donors (Lipinski definition) is 1. The lowest BCUT2D eigenvalue weighted by atomic mass is 9.71. The molecule has 6 heteroatoms. The zero-order valence-corrected chi connectivity index (χ0v) is 23.3. The van der Waals surface area contributed by atoms with E-state index in [0.29, 0.717) is 25.9 Å². The minimum Gasteiger partial charge on any atom is -0.465 e. The summed E-state index contributed by atoms with van der Waals surface area (Å²) in [5, 5.41) is 7.40. The minimum absolute atomic E-state index is 0.0179. The first-order chi connectivity index (χ1) is 20.0. The molecule has 1 N–H and O–H groups in total. The first kappa shape index (κ1) is 26.8. The number of piperidine rings is 1. The van der Waals surface area contributed by atoms with Crippen molar-refractivity contribution in [3.63, 3.8) is 0 Å². The van der Waals surface area contributed by atoms with Gasteiger partial charge in [0.15, 0.2) is 0 Å². The summed E-state index contributed by atoms with van der Waals surface area (Å²) in [4.78, 5) is 42.6. The summed E-state index contributed by atoms with van der Waals surface area (Å²) >= 11 is 0. The normalized spacial score (nSPS) is 20.1. The number of esters is 1. The standard InChI is InChI=1S/C35H34N2O4/c1-2-41-34(40)35-19-9-18-31(35)37(23-27-15-8-13-25-11-4-6-17-30(25)27)33(39)28(21-35)20-32(38)36-22-26-14-7-12-24-10-3-5-16-29(24)26/h3-8,10-18,28H,2,9,19-23H2,1H3,(H,36,38)/t28-,35+/m1/s1. The van der Waals surface area contributed by atoms with Gasteiger partial charge in [-0.2, -0.15) is 0 Å². The Morgan fingerprint density at radius 1 is 0.902 bits per heavy atom. The van der Waals surface area contributed by atoms with Gasteiger partial charge in [-0.1, -0.05) is 91.0 Å². The Kier molecular flexibility index (Phi) is 7.31. The first-order valence-electron chi connectivity index (χ1n) is 14.4. The van der Waals surface area contributed by atoms with E-state index in [1.807, 2.05) is 72.8 Å². The number of carbonyl (C=O) groups is 3. The molecule has 4 aromatic carbocycles. The SMILES string of the molecule is CCOC(=O)[C@]12CCC=C1N(Cc1cccc3ccccc13)C(=O)[C@H](CC(=O)NCc1cccc3ccccc13)C2. The number of rotatable bonds is 8. The number of likely N-dealkylation sites (tertiary alicyclic amines) is 1. The third kappa shape index (κ3) is 4.99. The van der Waals surface area contributed by atoms with Crippen molar-refractivity contribution < 1.29 is 19.1 Å². The maximum atomic E-state index is 14.1. The monoisotopic (exact) mass is 546 g/mol. The molecule has 41 heavy (non-hydrogen) atoms. The predicted octanol–water partition coefficient (Wildman–Crippen LogP) is 6.28. The highest BCUT2D eigenvalue weighted by atomic mass is 16.5. The molecule has 1 aliphatic heterocycles. The van der Waals surface area contributed by atoms with Gasteiger partial charge in [-0.3, -0.25) is 14.4 Å². The van der Waals surface area contributed by atoms with E-state index in [9.17, 15) is 14.4 Å². The van der Waals surface area contributed by atoms with E-state index < -0.39 is 11.3 Å². The average molecular weight is 547 g/mol. The van der Waals surface area contributed by atoms with Crippen molar-refractivity contribution in [2.75, 3.05) is 6.61 Å². The lowest BCUT2D eigenvalue weighted by molar-refractivity contribution is -0.161. The number of nitrogens with zero attached hydrogens (tertiary/aromatic N) is 1. The van der Waals surface area contributed by atoms with Crippen LogP contribution in [0, 0.1) is 11.3 Å². The molecule has 6 rings (SSSR count). The molecule has 0 unspecified atom stereocenters. The van der Waals surface area contributed by atoms with E-state index in [-0.39, 0.29) is 37.2 Å². The van der Waals surface area contributed by atoms with E-state index >= 15 is 0 Å². The third-order valence-corrected chi connectivity index (χ3v) is 8.56. The second-order valence-electron chi connectivity index (χ2n) is 11.0. The lowest BCUT2D eigenvalue weighted by Gasteiger charge is -2.44. The molecule has 1 fully saturated rings. The smallest absolute Gasteiger partial charge is 0.318 e. The maximum Gasteiger partial charge on any atom is 0.318 e. The Balaban J connectivity index is 1.27. The second-order valence-corrected chi connectivity index (χ2v) is 11.0. The number of hydrogen-bond acceptors (Lipinski definition) is 4. The fourth-order valence-electron chi connectivity index (χ4n) is 6.62. The van der Waals surface area contributed by atoms with Crippen molar-refractivity contribution in [3.05, 3.63) is 108 Å². The van der Waals surface area contributed by atoms with E-state index in [4.69, 9.17) is 4.74 Å². The van der Waals surface area contributed by atoms with E-state index in [1.54, 1.807) is 11.8 Å². The van der Waals surface area contributed by atoms with E-state index in [0.717, 1.165) is 38.4 Å². The van der Waals surface area contributed by atoms with Crippen molar-refractivity contribution in [2.24, 2.45) is 11.3 Å². The number of benzene rings is 4. The number of carbonyl (C=O) groups excluding carboxylic acids is 3. The summed E-state index contributed by atoms with van der Waals surface area (Å²) in [5.41, 5.74) is 1.83. The molecule has 2 atom stereocenters. The lowest BCUT2D eigenvalue weighted by Crippen LogP contribution is -2.52.